The van der Waals surface area contributed by atoms with Crippen LogP contribution in [-0.2, 0) is 11.3 Å². The van der Waals surface area contributed by atoms with Gasteiger partial charge in [0.2, 0.25) is 5.91 Å². The number of anilines is 1. The number of carbonyl (C=O) groups is 1. The molecule has 0 radical (unpaired) electrons. The van der Waals surface area contributed by atoms with Crippen LogP contribution < -0.4 is 10.2 Å². The molecule has 1 aliphatic rings. The van der Waals surface area contributed by atoms with Gasteiger partial charge in [-0.05, 0) is 18.6 Å². The van der Waals surface area contributed by atoms with Gasteiger partial charge in [-0.15, -0.1) is 0 Å². The van der Waals surface area contributed by atoms with Crippen LogP contribution in [0.3, 0.4) is 0 Å². The minimum absolute atomic E-state index is 0.0663. The third kappa shape index (κ3) is 4.07. The number of imidazole rings is 1. The molecule has 0 unspecified atom stereocenters. The van der Waals surface area contributed by atoms with Gasteiger partial charge < -0.3 is 19.9 Å². The highest BCUT2D eigenvalue weighted by Gasteiger charge is 2.36. The number of aromatic nitrogens is 3. The topological polar surface area (TPSA) is 83.3 Å². The molecule has 0 saturated carbocycles. The number of amides is 1. The fourth-order valence-corrected chi connectivity index (χ4v) is 2.74. The molecule has 0 aliphatic carbocycles. The van der Waals surface area contributed by atoms with Crippen LogP contribution in [0.15, 0.2) is 43.1 Å². The number of nitrogens with zero attached hydrogens (tertiary/aromatic N) is 4. The summed E-state index contributed by atoms with van der Waals surface area (Å²) >= 11 is 0. The van der Waals surface area contributed by atoms with Crippen LogP contribution in [0.25, 0.3) is 0 Å². The third-order valence-electron chi connectivity index (χ3n) is 4.08. The van der Waals surface area contributed by atoms with Crippen molar-refractivity contribution in [3.05, 3.63) is 43.1 Å². The number of carbonyl (C=O) groups excluding carboxylic acids is 1. The lowest BCUT2D eigenvalue weighted by molar-refractivity contribution is -0.122. The third-order valence-corrected chi connectivity index (χ3v) is 4.08. The highest BCUT2D eigenvalue weighted by atomic mass is 16.3. The van der Waals surface area contributed by atoms with Crippen LogP contribution in [0.5, 0.6) is 0 Å². The van der Waals surface area contributed by atoms with E-state index < -0.39 is 5.60 Å². The Kier molecular flexibility index (Phi) is 4.57. The van der Waals surface area contributed by atoms with E-state index in [0.717, 1.165) is 12.4 Å². The first-order valence-electron chi connectivity index (χ1n) is 7.75. The van der Waals surface area contributed by atoms with Crippen molar-refractivity contribution >= 4 is 11.7 Å². The summed E-state index contributed by atoms with van der Waals surface area (Å²) in [6, 6.07) is 5.72. The zero-order valence-corrected chi connectivity index (χ0v) is 12.9. The summed E-state index contributed by atoms with van der Waals surface area (Å²) in [4.78, 5) is 22.2. The van der Waals surface area contributed by atoms with E-state index in [0.29, 0.717) is 25.9 Å². The van der Waals surface area contributed by atoms with E-state index in [4.69, 9.17) is 0 Å². The molecule has 1 atom stereocenters. The highest BCUT2D eigenvalue weighted by molar-refractivity contribution is 5.75. The van der Waals surface area contributed by atoms with Crippen LogP contribution >= 0.6 is 0 Å². The van der Waals surface area contributed by atoms with Crippen LogP contribution in [0.4, 0.5) is 5.82 Å². The van der Waals surface area contributed by atoms with Crippen LogP contribution in [-0.4, -0.2) is 50.8 Å². The molecule has 7 nitrogen and oxygen atoms in total. The number of aliphatic hydroxyl groups is 1. The molecule has 3 heterocycles. The standard InChI is InChI=1S/C16H21N5O2/c22-15(4-8-20-10-7-17-13-20)19-11-16(23)5-9-21(12-16)14-3-1-2-6-18-14/h1-3,6-7,10,13,23H,4-5,8-9,11-12H2,(H,19,22)/t16-/m0/s1. The fraction of sp³-hybridized carbons (Fsp3) is 0.438. The van der Waals surface area contributed by atoms with Gasteiger partial charge in [-0.3, -0.25) is 4.79 Å². The number of aryl methyl sites for hydroxylation is 1. The van der Waals surface area contributed by atoms with E-state index in [1.807, 2.05) is 33.9 Å². The molecule has 1 fully saturated rings. The van der Waals surface area contributed by atoms with Crippen molar-refractivity contribution in [2.75, 3.05) is 24.5 Å². The van der Waals surface area contributed by atoms with Gasteiger partial charge in [-0.25, -0.2) is 9.97 Å². The smallest absolute Gasteiger partial charge is 0.221 e. The Morgan fingerprint density at radius 2 is 2.30 bits per heavy atom. The average molecular weight is 315 g/mol. The fourth-order valence-electron chi connectivity index (χ4n) is 2.74. The monoisotopic (exact) mass is 315 g/mol. The zero-order valence-electron chi connectivity index (χ0n) is 12.9. The molecule has 3 rings (SSSR count). The summed E-state index contributed by atoms with van der Waals surface area (Å²) in [6.07, 6.45) is 7.92. The Labute approximate surface area is 135 Å². The molecule has 23 heavy (non-hydrogen) atoms. The van der Waals surface area contributed by atoms with Gasteiger partial charge in [-0.1, -0.05) is 6.07 Å². The Morgan fingerprint density at radius 1 is 1.39 bits per heavy atom. The van der Waals surface area contributed by atoms with Gasteiger partial charge in [0.15, 0.2) is 0 Å². The molecule has 7 heteroatoms. The summed E-state index contributed by atoms with van der Waals surface area (Å²) in [5.74, 6) is 0.790. The van der Waals surface area contributed by atoms with Crippen molar-refractivity contribution in [3.63, 3.8) is 0 Å². The maximum atomic E-state index is 11.9. The van der Waals surface area contributed by atoms with E-state index in [-0.39, 0.29) is 12.5 Å². The summed E-state index contributed by atoms with van der Waals surface area (Å²) in [7, 11) is 0. The first kappa shape index (κ1) is 15.5. The largest absolute Gasteiger partial charge is 0.386 e. The summed E-state index contributed by atoms with van der Waals surface area (Å²) in [5, 5.41) is 13.5. The molecule has 2 aromatic heterocycles. The molecular weight excluding hydrogens is 294 g/mol. The maximum absolute atomic E-state index is 11.9. The predicted molar refractivity (Wildman–Crippen MR) is 85.9 cm³/mol. The molecular formula is C16H21N5O2. The Hall–Kier alpha value is -2.41. The summed E-state index contributed by atoms with van der Waals surface area (Å²) < 4.78 is 1.85. The number of hydrogen-bond acceptors (Lipinski definition) is 5. The number of nitrogens with one attached hydrogen (secondary N) is 1. The van der Waals surface area contributed by atoms with Crippen LogP contribution in [0.1, 0.15) is 12.8 Å². The molecule has 2 aromatic rings. The van der Waals surface area contributed by atoms with E-state index in [1.54, 1.807) is 18.7 Å². The van der Waals surface area contributed by atoms with Gasteiger partial charge in [0.25, 0.3) is 0 Å². The number of pyridine rings is 1. The van der Waals surface area contributed by atoms with Crippen molar-refractivity contribution in [1.29, 1.82) is 0 Å². The van der Waals surface area contributed by atoms with Crippen LogP contribution in [0.2, 0.25) is 0 Å². The molecule has 0 bridgehead atoms. The van der Waals surface area contributed by atoms with Gasteiger partial charge in [0.05, 0.1) is 6.33 Å². The lowest BCUT2D eigenvalue weighted by atomic mass is 10.0. The quantitative estimate of drug-likeness (QED) is 0.807. The second kappa shape index (κ2) is 6.78. The van der Waals surface area contributed by atoms with E-state index in [1.165, 1.54) is 0 Å². The SMILES string of the molecule is O=C(CCn1ccnc1)NC[C@@]1(O)CCN(c2ccccn2)C1. The van der Waals surface area contributed by atoms with Crippen molar-refractivity contribution in [2.45, 2.75) is 25.0 Å². The lowest BCUT2D eigenvalue weighted by Gasteiger charge is -2.24. The first-order valence-corrected chi connectivity index (χ1v) is 7.75. The van der Waals surface area contributed by atoms with Crippen molar-refractivity contribution in [1.82, 2.24) is 19.9 Å². The van der Waals surface area contributed by atoms with Gasteiger partial charge >= 0.3 is 0 Å². The Bertz CT molecular complexity index is 631. The number of rotatable bonds is 6. The van der Waals surface area contributed by atoms with Crippen molar-refractivity contribution in [2.24, 2.45) is 0 Å². The Morgan fingerprint density at radius 3 is 3.04 bits per heavy atom. The molecule has 1 aliphatic heterocycles. The Balaban J connectivity index is 1.45. The second-order valence-corrected chi connectivity index (χ2v) is 5.91. The van der Waals surface area contributed by atoms with Gasteiger partial charge in [-0.2, -0.15) is 0 Å². The zero-order chi connectivity index (χ0) is 16.1. The summed E-state index contributed by atoms with van der Waals surface area (Å²) in [5.41, 5.74) is -0.901. The minimum Gasteiger partial charge on any atom is -0.386 e. The average Bonchev–Trinajstić information content (AvgIpc) is 3.22. The normalized spacial score (nSPS) is 20.7. The second-order valence-electron chi connectivity index (χ2n) is 5.91. The van der Waals surface area contributed by atoms with Crippen molar-refractivity contribution < 1.29 is 9.90 Å². The molecule has 122 valence electrons. The minimum atomic E-state index is -0.901. The maximum Gasteiger partial charge on any atom is 0.221 e. The molecule has 2 N–H and O–H groups in total. The molecule has 0 spiro atoms. The number of β-amino-alcohol motifs (C(OH)–C–C–N with tert-alkyl or cyclic N) is 1. The molecule has 1 amide bonds. The van der Waals surface area contributed by atoms with Gasteiger partial charge in [0.1, 0.15) is 11.4 Å². The van der Waals surface area contributed by atoms with Crippen LogP contribution in [0, 0.1) is 0 Å². The first-order chi connectivity index (χ1) is 11.1. The predicted octanol–water partition coefficient (Wildman–Crippen LogP) is 0.426. The molecule has 1 saturated heterocycles. The number of hydrogen-bond donors (Lipinski definition) is 2. The van der Waals surface area contributed by atoms with E-state index >= 15 is 0 Å². The van der Waals surface area contributed by atoms with Crippen molar-refractivity contribution in [3.8, 4) is 0 Å². The lowest BCUT2D eigenvalue weighted by Crippen LogP contribution is -2.45. The van der Waals surface area contributed by atoms with E-state index in [9.17, 15) is 9.90 Å². The summed E-state index contributed by atoms with van der Waals surface area (Å²) in [6.45, 7) is 2.06. The molecule has 0 aromatic carbocycles. The van der Waals surface area contributed by atoms with Gasteiger partial charge in [0, 0.05) is 51.2 Å². The highest BCUT2D eigenvalue weighted by Crippen LogP contribution is 2.24. The van der Waals surface area contributed by atoms with E-state index in [2.05, 4.69) is 15.3 Å².